The summed E-state index contributed by atoms with van der Waals surface area (Å²) in [6.45, 7) is 0. The van der Waals surface area contributed by atoms with Crippen LogP contribution in [0.3, 0.4) is 0 Å². The highest BCUT2D eigenvalue weighted by Crippen LogP contribution is 2.31. The number of carbonyl (C=O) groups is 1. The average Bonchev–Trinajstić information content (AvgIpc) is 2.53. The van der Waals surface area contributed by atoms with Gasteiger partial charge in [0.2, 0.25) is 5.91 Å². The molecule has 0 radical (unpaired) electrons. The molecule has 9 heteroatoms. The Morgan fingerprint density at radius 3 is 1.92 bits per heavy atom. The van der Waals surface area contributed by atoms with Crippen molar-refractivity contribution in [2.45, 2.75) is 11.1 Å². The molecule has 0 heterocycles. The Morgan fingerprint density at radius 1 is 1.00 bits per heavy atom. The third-order valence-corrected chi connectivity index (χ3v) is 5.16. The van der Waals surface area contributed by atoms with E-state index in [2.05, 4.69) is 0 Å². The topological polar surface area (TPSA) is 80.5 Å². The van der Waals surface area contributed by atoms with Crippen LogP contribution in [0.5, 0.6) is 0 Å². The quantitative estimate of drug-likeness (QED) is 0.912. The van der Waals surface area contributed by atoms with E-state index in [-0.39, 0.29) is 16.1 Å². The Kier molecular flexibility index (Phi) is 4.57. The number of sulfonamides is 1. The Labute approximate surface area is 136 Å². The summed E-state index contributed by atoms with van der Waals surface area (Å²) in [6.07, 6.45) is -4.50. The standard InChI is InChI=1S/C15H13F3N2O3S/c1-20(12-6-4-11(5-7-12)15(16,17)18)24(22,23)13-8-2-10(3-9-13)14(19)21/h2-9H,1H3,(H2,19,21). The zero-order chi connectivity index (χ0) is 18.1. The maximum atomic E-state index is 12.6. The lowest BCUT2D eigenvalue weighted by molar-refractivity contribution is -0.137. The number of amides is 1. The number of alkyl halides is 3. The van der Waals surface area contributed by atoms with Gasteiger partial charge in [0.15, 0.2) is 0 Å². The van der Waals surface area contributed by atoms with Crippen molar-refractivity contribution in [2.75, 3.05) is 11.4 Å². The molecule has 2 aromatic carbocycles. The highest BCUT2D eigenvalue weighted by molar-refractivity contribution is 7.92. The summed E-state index contributed by atoms with van der Waals surface area (Å²) < 4.78 is 63.5. The summed E-state index contributed by atoms with van der Waals surface area (Å²) in [4.78, 5) is 10.9. The van der Waals surface area contributed by atoms with Gasteiger partial charge in [0.25, 0.3) is 10.0 Å². The van der Waals surface area contributed by atoms with Crippen LogP contribution in [-0.4, -0.2) is 21.4 Å². The van der Waals surface area contributed by atoms with Gasteiger partial charge in [-0.2, -0.15) is 13.2 Å². The molecule has 128 valence electrons. The Bertz CT molecular complexity index is 845. The van der Waals surface area contributed by atoms with Crippen LogP contribution in [0.25, 0.3) is 0 Å². The Hall–Kier alpha value is -2.55. The van der Waals surface area contributed by atoms with E-state index in [4.69, 9.17) is 5.73 Å². The number of nitrogens with zero attached hydrogens (tertiary/aromatic N) is 1. The van der Waals surface area contributed by atoms with Gasteiger partial charge >= 0.3 is 6.18 Å². The number of nitrogens with two attached hydrogens (primary N) is 1. The summed E-state index contributed by atoms with van der Waals surface area (Å²) in [6, 6.07) is 8.67. The fourth-order valence-electron chi connectivity index (χ4n) is 1.95. The van der Waals surface area contributed by atoms with Crippen LogP contribution in [0.15, 0.2) is 53.4 Å². The maximum absolute atomic E-state index is 12.6. The molecular weight excluding hydrogens is 345 g/mol. The minimum atomic E-state index is -4.50. The molecule has 5 nitrogen and oxygen atoms in total. The van der Waals surface area contributed by atoms with Gasteiger partial charge in [-0.25, -0.2) is 8.42 Å². The normalized spacial score (nSPS) is 12.0. The number of hydrogen-bond donors (Lipinski definition) is 1. The van der Waals surface area contributed by atoms with E-state index in [0.29, 0.717) is 0 Å². The average molecular weight is 358 g/mol. The fourth-order valence-corrected chi connectivity index (χ4v) is 3.14. The molecule has 1 amide bonds. The molecule has 0 aromatic heterocycles. The Balaban J connectivity index is 2.33. The van der Waals surface area contributed by atoms with Crippen LogP contribution >= 0.6 is 0 Å². The molecule has 2 aromatic rings. The van der Waals surface area contributed by atoms with Crippen molar-refractivity contribution in [3.63, 3.8) is 0 Å². The monoisotopic (exact) mass is 358 g/mol. The lowest BCUT2D eigenvalue weighted by Crippen LogP contribution is -2.26. The van der Waals surface area contributed by atoms with E-state index in [9.17, 15) is 26.4 Å². The molecule has 0 unspecified atom stereocenters. The summed E-state index contributed by atoms with van der Waals surface area (Å²) in [5.41, 5.74) is 4.43. The van der Waals surface area contributed by atoms with Crippen molar-refractivity contribution in [1.82, 2.24) is 0 Å². The smallest absolute Gasteiger partial charge is 0.366 e. The van der Waals surface area contributed by atoms with Crippen molar-refractivity contribution in [1.29, 1.82) is 0 Å². The fraction of sp³-hybridized carbons (Fsp3) is 0.133. The molecule has 0 saturated heterocycles. The second-order valence-electron chi connectivity index (χ2n) is 4.91. The summed E-state index contributed by atoms with van der Waals surface area (Å²) in [7, 11) is -2.76. The third kappa shape index (κ3) is 3.51. The predicted molar refractivity (Wildman–Crippen MR) is 82.0 cm³/mol. The molecule has 0 atom stereocenters. The van der Waals surface area contributed by atoms with Crippen LogP contribution in [-0.2, 0) is 16.2 Å². The molecule has 0 saturated carbocycles. The number of anilines is 1. The predicted octanol–water partition coefficient (Wildman–Crippen LogP) is 2.63. The first-order chi connectivity index (χ1) is 11.0. The van der Waals surface area contributed by atoms with E-state index in [1.54, 1.807) is 0 Å². The first-order valence-electron chi connectivity index (χ1n) is 6.59. The summed E-state index contributed by atoms with van der Waals surface area (Å²) in [5.74, 6) is -0.699. The van der Waals surface area contributed by atoms with Gasteiger partial charge in [-0.1, -0.05) is 0 Å². The minimum Gasteiger partial charge on any atom is -0.366 e. The first-order valence-corrected chi connectivity index (χ1v) is 8.03. The van der Waals surface area contributed by atoms with Crippen LogP contribution < -0.4 is 10.0 Å². The summed E-state index contributed by atoms with van der Waals surface area (Å²) >= 11 is 0. The van der Waals surface area contributed by atoms with E-state index in [1.165, 1.54) is 31.3 Å². The van der Waals surface area contributed by atoms with E-state index in [0.717, 1.165) is 28.6 Å². The van der Waals surface area contributed by atoms with Crippen LogP contribution in [0.1, 0.15) is 15.9 Å². The SMILES string of the molecule is CN(c1ccc(C(F)(F)F)cc1)S(=O)(=O)c1ccc(C(N)=O)cc1. The molecular formula is C15H13F3N2O3S. The van der Waals surface area contributed by atoms with Gasteiger partial charge in [0.1, 0.15) is 0 Å². The second kappa shape index (κ2) is 6.16. The number of primary amides is 1. The van der Waals surface area contributed by atoms with E-state index in [1.807, 2.05) is 0 Å². The molecule has 0 spiro atoms. The van der Waals surface area contributed by atoms with Gasteiger partial charge in [-0.3, -0.25) is 9.10 Å². The van der Waals surface area contributed by atoms with E-state index >= 15 is 0 Å². The Morgan fingerprint density at radius 2 is 1.50 bits per heavy atom. The lowest BCUT2D eigenvalue weighted by atomic mass is 10.2. The van der Waals surface area contributed by atoms with Crippen molar-refractivity contribution in [2.24, 2.45) is 5.73 Å². The molecule has 0 fully saturated rings. The molecule has 0 aliphatic rings. The molecule has 2 N–H and O–H groups in total. The van der Waals surface area contributed by atoms with Crippen molar-refractivity contribution in [3.05, 3.63) is 59.7 Å². The molecule has 0 aliphatic heterocycles. The van der Waals surface area contributed by atoms with Crippen LogP contribution in [0.4, 0.5) is 18.9 Å². The minimum absolute atomic E-state index is 0.0713. The first kappa shape index (κ1) is 17.8. The van der Waals surface area contributed by atoms with Gasteiger partial charge in [0, 0.05) is 12.6 Å². The second-order valence-corrected chi connectivity index (χ2v) is 6.88. The van der Waals surface area contributed by atoms with Crippen LogP contribution in [0, 0.1) is 0 Å². The molecule has 0 aliphatic carbocycles. The van der Waals surface area contributed by atoms with Crippen LogP contribution in [0.2, 0.25) is 0 Å². The third-order valence-electron chi connectivity index (χ3n) is 3.36. The largest absolute Gasteiger partial charge is 0.416 e. The molecule has 2 rings (SSSR count). The lowest BCUT2D eigenvalue weighted by Gasteiger charge is -2.20. The zero-order valence-electron chi connectivity index (χ0n) is 12.4. The zero-order valence-corrected chi connectivity index (χ0v) is 13.2. The van der Waals surface area contributed by atoms with Gasteiger partial charge in [-0.15, -0.1) is 0 Å². The van der Waals surface area contributed by atoms with Crippen molar-refractivity contribution < 1.29 is 26.4 Å². The maximum Gasteiger partial charge on any atom is 0.416 e. The van der Waals surface area contributed by atoms with Gasteiger partial charge in [-0.05, 0) is 48.5 Å². The highest BCUT2D eigenvalue weighted by Gasteiger charge is 2.30. The van der Waals surface area contributed by atoms with Crippen molar-refractivity contribution in [3.8, 4) is 0 Å². The number of benzene rings is 2. The number of rotatable bonds is 4. The molecule has 0 bridgehead atoms. The summed E-state index contributed by atoms with van der Waals surface area (Å²) in [5, 5.41) is 0. The van der Waals surface area contributed by atoms with E-state index < -0.39 is 27.7 Å². The highest BCUT2D eigenvalue weighted by atomic mass is 32.2. The number of carbonyl (C=O) groups excluding carboxylic acids is 1. The van der Waals surface area contributed by atoms with Gasteiger partial charge < -0.3 is 5.73 Å². The van der Waals surface area contributed by atoms with Gasteiger partial charge in [0.05, 0.1) is 16.1 Å². The number of hydrogen-bond acceptors (Lipinski definition) is 3. The molecule has 24 heavy (non-hydrogen) atoms. The number of halogens is 3. The van der Waals surface area contributed by atoms with Crippen molar-refractivity contribution >= 4 is 21.6 Å².